The van der Waals surface area contributed by atoms with Crippen LogP contribution in [-0.4, -0.2) is 13.7 Å². The third kappa shape index (κ3) is 3.93. The lowest BCUT2D eigenvalue weighted by molar-refractivity contribution is 0.594. The maximum atomic E-state index is 12.6. The van der Waals surface area contributed by atoms with Crippen molar-refractivity contribution in [2.24, 2.45) is 0 Å². The molecule has 0 heterocycles. The van der Waals surface area contributed by atoms with Crippen molar-refractivity contribution in [1.29, 1.82) is 0 Å². The standard InChI is InChI=1S/C17H15BrO2S/c1-2-16(12-11-14-7-4-3-5-8-14)21(19,20)17-10-6-9-15(18)13-17/h2-13,16H,1H2. The van der Waals surface area contributed by atoms with Gasteiger partial charge in [0.1, 0.15) is 5.25 Å². The van der Waals surface area contributed by atoms with E-state index in [1.54, 1.807) is 36.4 Å². The highest BCUT2D eigenvalue weighted by Gasteiger charge is 2.22. The number of sulfone groups is 1. The van der Waals surface area contributed by atoms with Gasteiger partial charge in [-0.15, -0.1) is 6.58 Å². The Balaban J connectivity index is 2.32. The van der Waals surface area contributed by atoms with Crippen molar-refractivity contribution in [3.05, 3.63) is 83.4 Å². The summed E-state index contributed by atoms with van der Waals surface area (Å²) in [6, 6.07) is 16.3. The normalized spacial score (nSPS) is 13.2. The first-order chi connectivity index (χ1) is 10.0. The van der Waals surface area contributed by atoms with E-state index in [0.29, 0.717) is 0 Å². The van der Waals surface area contributed by atoms with E-state index in [1.165, 1.54) is 6.08 Å². The molecule has 2 rings (SSSR count). The monoisotopic (exact) mass is 362 g/mol. The molecule has 1 unspecified atom stereocenters. The zero-order valence-electron chi connectivity index (χ0n) is 11.3. The van der Waals surface area contributed by atoms with Crippen LogP contribution in [-0.2, 0) is 9.84 Å². The van der Waals surface area contributed by atoms with Crippen LogP contribution >= 0.6 is 15.9 Å². The second kappa shape index (κ2) is 6.87. The van der Waals surface area contributed by atoms with E-state index in [9.17, 15) is 8.42 Å². The van der Waals surface area contributed by atoms with E-state index >= 15 is 0 Å². The van der Waals surface area contributed by atoms with Crippen LogP contribution in [0.2, 0.25) is 0 Å². The molecule has 0 bridgehead atoms. The van der Waals surface area contributed by atoms with Gasteiger partial charge in [-0.05, 0) is 23.8 Å². The van der Waals surface area contributed by atoms with E-state index < -0.39 is 15.1 Å². The molecule has 4 heteroatoms. The minimum Gasteiger partial charge on any atom is -0.223 e. The molecule has 0 fully saturated rings. The van der Waals surface area contributed by atoms with Crippen molar-refractivity contribution in [3.8, 4) is 0 Å². The average Bonchev–Trinajstić information content (AvgIpc) is 2.49. The Hall–Kier alpha value is -1.65. The number of hydrogen-bond acceptors (Lipinski definition) is 2. The zero-order valence-corrected chi connectivity index (χ0v) is 13.7. The molecule has 0 N–H and O–H groups in total. The summed E-state index contributed by atoms with van der Waals surface area (Å²) in [4.78, 5) is 0.277. The quantitative estimate of drug-likeness (QED) is 0.734. The molecular formula is C17H15BrO2S. The minimum absolute atomic E-state index is 0.277. The molecule has 0 aliphatic heterocycles. The van der Waals surface area contributed by atoms with Crippen molar-refractivity contribution < 1.29 is 8.42 Å². The van der Waals surface area contributed by atoms with Gasteiger partial charge in [0.25, 0.3) is 0 Å². The fourth-order valence-electron chi connectivity index (χ4n) is 1.88. The van der Waals surface area contributed by atoms with E-state index in [4.69, 9.17) is 0 Å². The van der Waals surface area contributed by atoms with E-state index in [-0.39, 0.29) is 4.90 Å². The first-order valence-corrected chi connectivity index (χ1v) is 8.73. The summed E-state index contributed by atoms with van der Waals surface area (Å²) in [5.41, 5.74) is 0.953. The number of halogens is 1. The molecule has 0 saturated heterocycles. The fourth-order valence-corrected chi connectivity index (χ4v) is 3.84. The number of benzene rings is 2. The summed E-state index contributed by atoms with van der Waals surface area (Å²) in [5, 5.41) is -0.757. The van der Waals surface area contributed by atoms with E-state index in [1.807, 2.05) is 30.3 Å². The van der Waals surface area contributed by atoms with Gasteiger partial charge in [-0.2, -0.15) is 0 Å². The highest BCUT2D eigenvalue weighted by atomic mass is 79.9. The summed E-state index contributed by atoms with van der Waals surface area (Å²) in [6.45, 7) is 3.65. The van der Waals surface area contributed by atoms with Gasteiger partial charge in [0.15, 0.2) is 9.84 Å². The molecule has 0 radical (unpaired) electrons. The maximum absolute atomic E-state index is 12.6. The van der Waals surface area contributed by atoms with Crippen molar-refractivity contribution in [2.75, 3.05) is 0 Å². The van der Waals surface area contributed by atoms with Crippen LogP contribution in [0.4, 0.5) is 0 Å². The smallest absolute Gasteiger partial charge is 0.188 e. The molecule has 0 amide bonds. The summed E-state index contributed by atoms with van der Waals surface area (Å²) < 4.78 is 25.9. The fraction of sp³-hybridized carbons (Fsp3) is 0.0588. The SMILES string of the molecule is C=CC(C=Cc1ccccc1)S(=O)(=O)c1cccc(Br)c1. The predicted molar refractivity (Wildman–Crippen MR) is 90.8 cm³/mol. The molecule has 0 spiro atoms. The largest absolute Gasteiger partial charge is 0.223 e. The van der Waals surface area contributed by atoms with Gasteiger partial charge in [-0.3, -0.25) is 0 Å². The number of hydrogen-bond donors (Lipinski definition) is 0. The van der Waals surface area contributed by atoms with Crippen molar-refractivity contribution >= 4 is 31.8 Å². The third-order valence-corrected chi connectivity index (χ3v) is 5.46. The molecule has 21 heavy (non-hydrogen) atoms. The molecule has 2 aromatic carbocycles. The van der Waals surface area contributed by atoms with Crippen molar-refractivity contribution in [1.82, 2.24) is 0 Å². The molecule has 0 aliphatic rings. The van der Waals surface area contributed by atoms with Crippen molar-refractivity contribution in [3.63, 3.8) is 0 Å². The average molecular weight is 363 g/mol. The molecule has 0 aliphatic carbocycles. The molecule has 2 nitrogen and oxygen atoms in total. The van der Waals surface area contributed by atoms with Gasteiger partial charge in [-0.25, -0.2) is 8.42 Å². The lowest BCUT2D eigenvalue weighted by Crippen LogP contribution is -2.16. The Labute approximate surface area is 133 Å². The third-order valence-electron chi connectivity index (χ3n) is 2.99. The summed E-state index contributed by atoms with van der Waals surface area (Å²) in [6.07, 6.45) is 4.89. The molecular weight excluding hydrogens is 348 g/mol. The lowest BCUT2D eigenvalue weighted by atomic mass is 10.2. The van der Waals surface area contributed by atoms with Gasteiger partial charge >= 0.3 is 0 Å². The predicted octanol–water partition coefficient (Wildman–Crippen LogP) is 4.49. The van der Waals surface area contributed by atoms with Crippen LogP contribution in [0.5, 0.6) is 0 Å². The van der Waals surface area contributed by atoms with E-state index in [2.05, 4.69) is 22.5 Å². The Bertz CT molecular complexity index is 749. The first kappa shape index (κ1) is 15.7. The van der Waals surface area contributed by atoms with Crippen LogP contribution in [0.3, 0.4) is 0 Å². The summed E-state index contributed by atoms with van der Waals surface area (Å²) >= 11 is 3.29. The molecule has 108 valence electrons. The molecule has 0 aromatic heterocycles. The minimum atomic E-state index is -3.48. The van der Waals surface area contributed by atoms with Crippen LogP contribution in [0, 0.1) is 0 Å². The maximum Gasteiger partial charge on any atom is 0.188 e. The van der Waals surface area contributed by atoms with Gasteiger partial charge in [-0.1, -0.05) is 70.6 Å². The Morgan fingerprint density at radius 3 is 2.38 bits per heavy atom. The van der Waals surface area contributed by atoms with Gasteiger partial charge < -0.3 is 0 Å². The van der Waals surface area contributed by atoms with E-state index in [0.717, 1.165) is 10.0 Å². The Morgan fingerprint density at radius 2 is 1.76 bits per heavy atom. The van der Waals surface area contributed by atoms with Crippen LogP contribution in [0.25, 0.3) is 6.08 Å². The topological polar surface area (TPSA) is 34.1 Å². The first-order valence-electron chi connectivity index (χ1n) is 6.39. The number of rotatable bonds is 5. The summed E-state index contributed by atoms with van der Waals surface area (Å²) in [5.74, 6) is 0. The second-order valence-corrected chi connectivity index (χ2v) is 7.49. The van der Waals surface area contributed by atoms with Crippen molar-refractivity contribution in [2.45, 2.75) is 10.1 Å². The van der Waals surface area contributed by atoms with Crippen LogP contribution in [0.15, 0.2) is 82.7 Å². The summed E-state index contributed by atoms with van der Waals surface area (Å²) in [7, 11) is -3.48. The van der Waals surface area contributed by atoms with Gasteiger partial charge in [0.2, 0.25) is 0 Å². The van der Waals surface area contributed by atoms with Crippen LogP contribution < -0.4 is 0 Å². The molecule has 2 aromatic rings. The highest BCUT2D eigenvalue weighted by molar-refractivity contribution is 9.10. The van der Waals surface area contributed by atoms with Gasteiger partial charge in [0.05, 0.1) is 4.90 Å². The highest BCUT2D eigenvalue weighted by Crippen LogP contribution is 2.22. The van der Waals surface area contributed by atoms with Gasteiger partial charge in [0, 0.05) is 4.47 Å². The zero-order chi connectivity index (χ0) is 15.3. The lowest BCUT2D eigenvalue weighted by Gasteiger charge is -2.10. The Kier molecular flexibility index (Phi) is 5.15. The van der Waals surface area contributed by atoms with Crippen LogP contribution in [0.1, 0.15) is 5.56 Å². The molecule has 0 saturated carbocycles. The molecule has 1 atom stereocenters. The Morgan fingerprint density at radius 1 is 1.05 bits per heavy atom. The second-order valence-electron chi connectivity index (χ2n) is 4.47.